The number of fused-ring (bicyclic) bond motifs is 1. The predicted octanol–water partition coefficient (Wildman–Crippen LogP) is 4.52. The predicted molar refractivity (Wildman–Crippen MR) is 102 cm³/mol. The Hall–Kier alpha value is -2.19. The molecule has 4 nitrogen and oxygen atoms in total. The van der Waals surface area contributed by atoms with E-state index in [1.54, 1.807) is 6.07 Å². The van der Waals surface area contributed by atoms with Crippen LogP contribution in [0.25, 0.3) is 21.3 Å². The van der Waals surface area contributed by atoms with Gasteiger partial charge in [0.2, 0.25) is 0 Å². The first kappa shape index (κ1) is 18.2. The van der Waals surface area contributed by atoms with E-state index in [4.69, 9.17) is 0 Å². The van der Waals surface area contributed by atoms with Gasteiger partial charge in [-0.1, -0.05) is 19.1 Å². The van der Waals surface area contributed by atoms with Crippen molar-refractivity contribution < 1.29 is 13.2 Å². The summed E-state index contributed by atoms with van der Waals surface area (Å²) < 4.78 is 39.4. The third kappa shape index (κ3) is 3.51. The van der Waals surface area contributed by atoms with Crippen LogP contribution in [0.5, 0.6) is 0 Å². The molecular weight excluding hydrogens is 373 g/mol. The zero-order valence-corrected chi connectivity index (χ0v) is 15.6. The summed E-state index contributed by atoms with van der Waals surface area (Å²) >= 11 is 1.44. The molecule has 0 N–H and O–H groups in total. The zero-order valence-electron chi connectivity index (χ0n) is 14.8. The molecule has 3 heterocycles. The number of nitrogens with zero attached hydrogens (tertiary/aromatic N) is 4. The lowest BCUT2D eigenvalue weighted by Gasteiger charge is -2.35. The van der Waals surface area contributed by atoms with Crippen molar-refractivity contribution in [3.8, 4) is 11.1 Å². The molecule has 2 aromatic heterocycles. The van der Waals surface area contributed by atoms with Crippen LogP contribution in [0.15, 0.2) is 36.0 Å². The minimum Gasteiger partial charge on any atom is -0.353 e. The summed E-state index contributed by atoms with van der Waals surface area (Å²) in [5.74, 6) is 0.810. The maximum absolute atomic E-state index is 13.1. The summed E-state index contributed by atoms with van der Waals surface area (Å²) in [6.45, 7) is 6.75. The molecule has 0 spiro atoms. The van der Waals surface area contributed by atoms with E-state index in [1.807, 2.05) is 5.38 Å². The first-order chi connectivity index (χ1) is 13.0. The van der Waals surface area contributed by atoms with Gasteiger partial charge in [-0.2, -0.15) is 13.2 Å². The SMILES string of the molecule is CCN1CCN(c2ncnc3scc(-c4cccc(C(F)(F)F)c4)c23)CC1. The molecule has 1 aliphatic rings. The van der Waals surface area contributed by atoms with Crippen molar-refractivity contribution in [3.63, 3.8) is 0 Å². The molecule has 1 fully saturated rings. The van der Waals surface area contributed by atoms with E-state index in [1.165, 1.54) is 29.8 Å². The molecule has 27 heavy (non-hydrogen) atoms. The van der Waals surface area contributed by atoms with Gasteiger partial charge in [-0.25, -0.2) is 9.97 Å². The zero-order chi connectivity index (χ0) is 19.0. The van der Waals surface area contributed by atoms with Crippen LogP contribution in [0.3, 0.4) is 0 Å². The minimum absolute atomic E-state index is 0.541. The third-order valence-electron chi connectivity index (χ3n) is 4.97. The molecule has 0 unspecified atom stereocenters. The largest absolute Gasteiger partial charge is 0.416 e. The number of hydrogen-bond acceptors (Lipinski definition) is 5. The average molecular weight is 392 g/mol. The quantitative estimate of drug-likeness (QED) is 0.656. The highest BCUT2D eigenvalue weighted by molar-refractivity contribution is 7.17. The molecule has 1 saturated heterocycles. The number of likely N-dealkylation sites (N-methyl/N-ethyl adjacent to an activating group) is 1. The molecule has 0 aliphatic carbocycles. The standard InChI is InChI=1S/C19H19F3N4S/c1-2-25-6-8-26(9-7-25)17-16-15(11-27-18(16)24-12-23-17)13-4-3-5-14(10-13)19(20,21)22/h3-5,10-12H,2,6-9H2,1H3. The van der Waals surface area contributed by atoms with Gasteiger partial charge in [0.25, 0.3) is 0 Å². The molecule has 1 aromatic carbocycles. The topological polar surface area (TPSA) is 32.3 Å². The van der Waals surface area contributed by atoms with Crippen molar-refractivity contribution in [2.75, 3.05) is 37.6 Å². The van der Waals surface area contributed by atoms with Crippen LogP contribution in [0, 0.1) is 0 Å². The molecule has 142 valence electrons. The molecule has 0 saturated carbocycles. The number of aromatic nitrogens is 2. The summed E-state index contributed by atoms with van der Waals surface area (Å²) in [7, 11) is 0. The van der Waals surface area contributed by atoms with Crippen molar-refractivity contribution in [1.29, 1.82) is 0 Å². The first-order valence-electron chi connectivity index (χ1n) is 8.84. The molecule has 0 amide bonds. The fourth-order valence-electron chi connectivity index (χ4n) is 3.45. The molecule has 4 rings (SSSR count). The van der Waals surface area contributed by atoms with Crippen LogP contribution in [-0.4, -0.2) is 47.6 Å². The van der Waals surface area contributed by atoms with Crippen molar-refractivity contribution in [2.24, 2.45) is 0 Å². The van der Waals surface area contributed by atoms with E-state index >= 15 is 0 Å². The highest BCUT2D eigenvalue weighted by Gasteiger charge is 2.31. The van der Waals surface area contributed by atoms with Gasteiger partial charge in [0.1, 0.15) is 17.0 Å². The number of benzene rings is 1. The van der Waals surface area contributed by atoms with E-state index in [9.17, 15) is 13.2 Å². The summed E-state index contributed by atoms with van der Waals surface area (Å²) in [6, 6.07) is 5.46. The summed E-state index contributed by atoms with van der Waals surface area (Å²) in [5.41, 5.74) is 0.656. The number of hydrogen-bond donors (Lipinski definition) is 0. The fourth-order valence-corrected chi connectivity index (χ4v) is 4.36. The Labute approximate surface area is 159 Å². The maximum Gasteiger partial charge on any atom is 0.416 e. The van der Waals surface area contributed by atoms with Crippen molar-refractivity contribution in [3.05, 3.63) is 41.5 Å². The molecule has 3 aromatic rings. The first-order valence-corrected chi connectivity index (χ1v) is 9.72. The van der Waals surface area contributed by atoms with Crippen LogP contribution in [-0.2, 0) is 6.18 Å². The highest BCUT2D eigenvalue weighted by atomic mass is 32.1. The number of anilines is 1. The second kappa shape index (κ2) is 7.09. The Morgan fingerprint density at radius 2 is 1.89 bits per heavy atom. The van der Waals surface area contributed by atoms with Gasteiger partial charge < -0.3 is 9.80 Å². The molecule has 8 heteroatoms. The van der Waals surface area contributed by atoms with Crippen molar-refractivity contribution in [1.82, 2.24) is 14.9 Å². The summed E-state index contributed by atoms with van der Waals surface area (Å²) in [5, 5.41) is 2.72. The van der Waals surface area contributed by atoms with Crippen LogP contribution < -0.4 is 4.90 Å². The Bertz CT molecular complexity index is 946. The van der Waals surface area contributed by atoms with Gasteiger partial charge in [0.15, 0.2) is 0 Å². The van der Waals surface area contributed by atoms with Gasteiger partial charge in [-0.15, -0.1) is 11.3 Å². The van der Waals surface area contributed by atoms with Gasteiger partial charge in [0, 0.05) is 37.1 Å². The Kier molecular flexibility index (Phi) is 4.77. The molecule has 0 bridgehead atoms. The monoisotopic (exact) mass is 392 g/mol. The molecule has 0 atom stereocenters. The summed E-state index contributed by atoms with van der Waals surface area (Å²) in [4.78, 5) is 14.2. The lowest BCUT2D eigenvalue weighted by molar-refractivity contribution is -0.137. The highest BCUT2D eigenvalue weighted by Crippen LogP contribution is 2.40. The second-order valence-corrected chi connectivity index (χ2v) is 7.38. The van der Waals surface area contributed by atoms with E-state index in [-0.39, 0.29) is 0 Å². The van der Waals surface area contributed by atoms with E-state index in [2.05, 4.69) is 26.7 Å². The van der Waals surface area contributed by atoms with Crippen LogP contribution >= 0.6 is 11.3 Å². The van der Waals surface area contributed by atoms with E-state index in [0.717, 1.165) is 60.4 Å². The Balaban J connectivity index is 1.78. The van der Waals surface area contributed by atoms with Gasteiger partial charge >= 0.3 is 6.18 Å². The normalized spacial score (nSPS) is 16.2. The molecular formula is C19H19F3N4S. The summed E-state index contributed by atoms with van der Waals surface area (Å²) in [6.07, 6.45) is -2.83. The fraction of sp³-hybridized carbons (Fsp3) is 0.368. The number of piperazine rings is 1. The number of rotatable bonds is 3. The smallest absolute Gasteiger partial charge is 0.353 e. The van der Waals surface area contributed by atoms with Crippen LogP contribution in [0.2, 0.25) is 0 Å². The van der Waals surface area contributed by atoms with Gasteiger partial charge in [-0.05, 0) is 24.2 Å². The van der Waals surface area contributed by atoms with Gasteiger partial charge in [-0.3, -0.25) is 0 Å². The lowest BCUT2D eigenvalue weighted by atomic mass is 10.0. The van der Waals surface area contributed by atoms with Crippen LogP contribution in [0.1, 0.15) is 12.5 Å². The lowest BCUT2D eigenvalue weighted by Crippen LogP contribution is -2.46. The minimum atomic E-state index is -4.36. The molecule has 0 radical (unpaired) electrons. The maximum atomic E-state index is 13.1. The third-order valence-corrected chi connectivity index (χ3v) is 5.86. The number of thiophene rings is 1. The second-order valence-electron chi connectivity index (χ2n) is 6.53. The number of alkyl halides is 3. The van der Waals surface area contributed by atoms with Crippen molar-refractivity contribution in [2.45, 2.75) is 13.1 Å². The Morgan fingerprint density at radius 3 is 2.59 bits per heavy atom. The molecule has 1 aliphatic heterocycles. The van der Waals surface area contributed by atoms with Crippen LogP contribution in [0.4, 0.5) is 19.0 Å². The Morgan fingerprint density at radius 1 is 1.11 bits per heavy atom. The van der Waals surface area contributed by atoms with Crippen molar-refractivity contribution >= 4 is 27.4 Å². The van der Waals surface area contributed by atoms with Gasteiger partial charge in [0.05, 0.1) is 10.9 Å². The number of halogens is 3. The van der Waals surface area contributed by atoms with E-state index < -0.39 is 11.7 Å². The van der Waals surface area contributed by atoms with E-state index in [0.29, 0.717) is 5.56 Å². The average Bonchev–Trinajstić information content (AvgIpc) is 3.12.